The standard InChI is InChI=1S/C22H26N4O2/c27-20-12-18(17-13-23-15-24-14-17)21(19-8-4-5-11-26(19)20)22(28)25-10-9-16-6-2-1-3-7-16/h6,12-15H,1-5,7-11H2,(H,25,28). The highest BCUT2D eigenvalue weighted by Gasteiger charge is 2.24. The first kappa shape index (κ1) is 18.6. The zero-order valence-electron chi connectivity index (χ0n) is 16.1. The number of amides is 1. The Morgan fingerprint density at radius 2 is 1.93 bits per heavy atom. The second kappa shape index (κ2) is 8.50. The molecule has 1 aliphatic heterocycles. The van der Waals surface area contributed by atoms with E-state index < -0.39 is 0 Å². The fraction of sp³-hybridized carbons (Fsp3) is 0.455. The van der Waals surface area contributed by atoms with Crippen LogP contribution in [0.1, 0.15) is 61.0 Å². The van der Waals surface area contributed by atoms with Crippen molar-refractivity contribution in [1.29, 1.82) is 0 Å². The van der Waals surface area contributed by atoms with Gasteiger partial charge in [0.2, 0.25) is 0 Å². The molecule has 0 unspecified atom stereocenters. The summed E-state index contributed by atoms with van der Waals surface area (Å²) in [6.45, 7) is 1.29. The lowest BCUT2D eigenvalue weighted by atomic mass is 9.95. The van der Waals surface area contributed by atoms with Crippen LogP contribution >= 0.6 is 0 Å². The molecule has 0 aromatic carbocycles. The minimum Gasteiger partial charge on any atom is -0.352 e. The van der Waals surface area contributed by atoms with Gasteiger partial charge in [0.25, 0.3) is 11.5 Å². The van der Waals surface area contributed by atoms with Gasteiger partial charge in [-0.3, -0.25) is 9.59 Å². The normalized spacial score (nSPS) is 16.2. The molecule has 0 atom stereocenters. The first-order chi connectivity index (χ1) is 13.7. The Hall–Kier alpha value is -2.76. The Balaban J connectivity index is 1.64. The first-order valence-electron chi connectivity index (χ1n) is 10.2. The van der Waals surface area contributed by atoms with Crippen molar-refractivity contribution in [3.05, 3.63) is 58.0 Å². The van der Waals surface area contributed by atoms with Crippen LogP contribution in [-0.4, -0.2) is 27.0 Å². The summed E-state index contributed by atoms with van der Waals surface area (Å²) in [5, 5.41) is 3.09. The highest BCUT2D eigenvalue weighted by atomic mass is 16.2. The Morgan fingerprint density at radius 1 is 1.11 bits per heavy atom. The summed E-state index contributed by atoms with van der Waals surface area (Å²) in [6, 6.07) is 1.56. The maximum atomic E-state index is 13.2. The number of carbonyl (C=O) groups excluding carboxylic acids is 1. The van der Waals surface area contributed by atoms with E-state index >= 15 is 0 Å². The first-order valence-corrected chi connectivity index (χ1v) is 10.2. The van der Waals surface area contributed by atoms with Crippen molar-refractivity contribution in [2.75, 3.05) is 6.54 Å². The average molecular weight is 378 g/mol. The summed E-state index contributed by atoms with van der Waals surface area (Å²) in [4.78, 5) is 33.9. The predicted molar refractivity (Wildman–Crippen MR) is 108 cm³/mol. The Morgan fingerprint density at radius 3 is 2.71 bits per heavy atom. The van der Waals surface area contributed by atoms with Crippen molar-refractivity contribution in [2.45, 2.75) is 57.9 Å². The third kappa shape index (κ3) is 3.91. The summed E-state index contributed by atoms with van der Waals surface area (Å²) in [5.74, 6) is -0.110. The van der Waals surface area contributed by atoms with Gasteiger partial charge >= 0.3 is 0 Å². The Bertz CT molecular complexity index is 947. The molecule has 2 aromatic rings. The predicted octanol–water partition coefficient (Wildman–Crippen LogP) is 3.26. The molecule has 146 valence electrons. The molecular weight excluding hydrogens is 352 g/mol. The molecule has 0 radical (unpaired) electrons. The largest absolute Gasteiger partial charge is 0.352 e. The van der Waals surface area contributed by atoms with Crippen molar-refractivity contribution in [3.63, 3.8) is 0 Å². The maximum absolute atomic E-state index is 13.2. The van der Waals surface area contributed by atoms with Gasteiger partial charge in [-0.15, -0.1) is 0 Å². The van der Waals surface area contributed by atoms with E-state index in [0.29, 0.717) is 29.8 Å². The van der Waals surface area contributed by atoms with Gasteiger partial charge in [-0.05, 0) is 51.4 Å². The van der Waals surface area contributed by atoms with Crippen molar-refractivity contribution in [1.82, 2.24) is 19.9 Å². The van der Waals surface area contributed by atoms with Gasteiger partial charge in [-0.1, -0.05) is 11.6 Å². The van der Waals surface area contributed by atoms with Crippen LogP contribution in [0.2, 0.25) is 0 Å². The van der Waals surface area contributed by atoms with Crippen LogP contribution in [0, 0.1) is 0 Å². The van der Waals surface area contributed by atoms with Crippen LogP contribution in [0.4, 0.5) is 0 Å². The van der Waals surface area contributed by atoms with Gasteiger partial charge in [-0.2, -0.15) is 0 Å². The zero-order chi connectivity index (χ0) is 19.3. The van der Waals surface area contributed by atoms with Gasteiger partial charge < -0.3 is 9.88 Å². The molecule has 2 aromatic heterocycles. The highest BCUT2D eigenvalue weighted by molar-refractivity contribution is 6.01. The van der Waals surface area contributed by atoms with Crippen LogP contribution in [0.15, 0.2) is 41.2 Å². The third-order valence-corrected chi connectivity index (χ3v) is 5.68. The molecule has 1 N–H and O–H groups in total. The summed E-state index contributed by atoms with van der Waals surface area (Å²) in [6.07, 6.45) is 15.5. The molecule has 6 nitrogen and oxygen atoms in total. The second-order valence-corrected chi connectivity index (χ2v) is 7.57. The lowest BCUT2D eigenvalue weighted by Gasteiger charge is -2.23. The number of fused-ring (bicyclic) bond motifs is 1. The summed E-state index contributed by atoms with van der Waals surface area (Å²) in [7, 11) is 0. The molecule has 0 saturated heterocycles. The van der Waals surface area contributed by atoms with E-state index in [1.807, 2.05) is 0 Å². The van der Waals surface area contributed by atoms with Crippen molar-refractivity contribution in [2.24, 2.45) is 0 Å². The topological polar surface area (TPSA) is 76.9 Å². The molecule has 0 spiro atoms. The molecule has 0 bridgehead atoms. The molecule has 1 aliphatic carbocycles. The number of pyridine rings is 1. The molecule has 6 heteroatoms. The number of allylic oxidation sites excluding steroid dienone is 1. The van der Waals surface area contributed by atoms with Crippen molar-refractivity contribution < 1.29 is 4.79 Å². The fourth-order valence-corrected chi connectivity index (χ4v) is 4.24. The van der Waals surface area contributed by atoms with Crippen molar-refractivity contribution >= 4 is 5.91 Å². The van der Waals surface area contributed by atoms with E-state index in [9.17, 15) is 9.59 Å². The van der Waals surface area contributed by atoms with Crippen LogP contribution in [0.3, 0.4) is 0 Å². The van der Waals surface area contributed by atoms with Gasteiger partial charge in [-0.25, -0.2) is 9.97 Å². The summed E-state index contributed by atoms with van der Waals surface area (Å²) >= 11 is 0. The number of aromatic nitrogens is 3. The summed E-state index contributed by atoms with van der Waals surface area (Å²) < 4.78 is 1.76. The molecule has 2 aliphatic rings. The number of rotatable bonds is 5. The number of hydrogen-bond donors (Lipinski definition) is 1. The van der Waals surface area contributed by atoms with Gasteiger partial charge in [0.15, 0.2) is 0 Å². The SMILES string of the molecule is O=C(NCCC1=CCCCC1)c1c(-c2cncnc2)cc(=O)n2c1CCCC2. The zero-order valence-corrected chi connectivity index (χ0v) is 16.1. The smallest absolute Gasteiger partial charge is 0.253 e. The number of nitrogens with one attached hydrogen (secondary N) is 1. The van der Waals surface area contributed by atoms with E-state index in [4.69, 9.17) is 0 Å². The average Bonchev–Trinajstić information content (AvgIpc) is 2.75. The van der Waals surface area contributed by atoms with E-state index in [1.165, 1.54) is 24.7 Å². The van der Waals surface area contributed by atoms with E-state index in [2.05, 4.69) is 21.4 Å². The minimum atomic E-state index is -0.110. The van der Waals surface area contributed by atoms with E-state index in [-0.39, 0.29) is 11.5 Å². The number of nitrogens with zero attached hydrogens (tertiary/aromatic N) is 3. The monoisotopic (exact) mass is 378 g/mol. The molecule has 1 amide bonds. The molecular formula is C22H26N4O2. The van der Waals surface area contributed by atoms with Crippen molar-refractivity contribution in [3.8, 4) is 11.1 Å². The maximum Gasteiger partial charge on any atom is 0.253 e. The molecule has 4 rings (SSSR count). The number of hydrogen-bond acceptors (Lipinski definition) is 4. The van der Waals surface area contributed by atoms with E-state index in [0.717, 1.165) is 44.2 Å². The van der Waals surface area contributed by atoms with Crippen LogP contribution in [0.5, 0.6) is 0 Å². The minimum absolute atomic E-state index is 0.0579. The van der Waals surface area contributed by atoms with E-state index in [1.54, 1.807) is 23.0 Å². The Labute approximate surface area is 164 Å². The van der Waals surface area contributed by atoms with Gasteiger partial charge in [0, 0.05) is 48.4 Å². The molecule has 3 heterocycles. The third-order valence-electron chi connectivity index (χ3n) is 5.68. The molecule has 28 heavy (non-hydrogen) atoms. The Kier molecular flexibility index (Phi) is 5.65. The van der Waals surface area contributed by atoms with Gasteiger partial charge in [0.1, 0.15) is 6.33 Å². The van der Waals surface area contributed by atoms with Gasteiger partial charge in [0.05, 0.1) is 5.56 Å². The van der Waals surface area contributed by atoms with Crippen LogP contribution in [-0.2, 0) is 13.0 Å². The number of carbonyl (C=O) groups is 1. The summed E-state index contributed by atoms with van der Waals surface area (Å²) in [5.41, 5.74) is 4.16. The van der Waals surface area contributed by atoms with Crippen LogP contribution in [0.25, 0.3) is 11.1 Å². The molecule has 0 fully saturated rings. The lowest BCUT2D eigenvalue weighted by molar-refractivity contribution is 0.0952. The lowest BCUT2D eigenvalue weighted by Crippen LogP contribution is -2.33. The second-order valence-electron chi connectivity index (χ2n) is 7.57. The highest BCUT2D eigenvalue weighted by Crippen LogP contribution is 2.27. The van der Waals surface area contributed by atoms with Crippen LogP contribution < -0.4 is 10.9 Å². The fourth-order valence-electron chi connectivity index (χ4n) is 4.24. The molecule has 0 saturated carbocycles. The quantitative estimate of drug-likeness (QED) is 0.810.